The molecule has 0 aliphatic heterocycles. The second kappa shape index (κ2) is 9.46. The molecule has 138 valence electrons. The van der Waals surface area contributed by atoms with E-state index in [-0.39, 0.29) is 18.5 Å². The first-order chi connectivity index (χ1) is 12.5. The van der Waals surface area contributed by atoms with Crippen LogP contribution in [0.4, 0.5) is 16.2 Å². The van der Waals surface area contributed by atoms with E-state index in [0.717, 1.165) is 17.7 Å². The van der Waals surface area contributed by atoms with Crippen LogP contribution in [0.5, 0.6) is 5.75 Å². The molecule has 2 aromatic carbocycles. The highest BCUT2D eigenvalue weighted by Gasteiger charge is 2.11. The number of ether oxygens (including phenoxy) is 1. The molecular weight excluding hydrogens is 330 g/mol. The summed E-state index contributed by atoms with van der Waals surface area (Å²) in [7, 11) is 1.54. The van der Waals surface area contributed by atoms with E-state index in [1.54, 1.807) is 24.3 Å². The number of hydrogen-bond acceptors (Lipinski definition) is 3. The molecule has 1 unspecified atom stereocenters. The molecule has 2 rings (SSSR count). The largest absolute Gasteiger partial charge is 0.483 e. The van der Waals surface area contributed by atoms with Crippen molar-refractivity contribution in [3.05, 3.63) is 54.1 Å². The van der Waals surface area contributed by atoms with Crippen molar-refractivity contribution in [1.29, 1.82) is 0 Å². The van der Waals surface area contributed by atoms with Crippen molar-refractivity contribution < 1.29 is 14.3 Å². The van der Waals surface area contributed by atoms with E-state index >= 15 is 0 Å². The number of carbonyl (C=O) groups excluding carboxylic acids is 2. The first-order valence-electron chi connectivity index (χ1n) is 8.63. The van der Waals surface area contributed by atoms with E-state index in [1.807, 2.05) is 24.3 Å². The van der Waals surface area contributed by atoms with Crippen LogP contribution in [0.1, 0.15) is 31.7 Å². The van der Waals surface area contributed by atoms with Gasteiger partial charge in [0.1, 0.15) is 5.75 Å². The van der Waals surface area contributed by atoms with Crippen molar-refractivity contribution in [3.63, 3.8) is 0 Å². The predicted molar refractivity (Wildman–Crippen MR) is 104 cm³/mol. The molecule has 0 heterocycles. The molecule has 0 aromatic heterocycles. The average molecular weight is 355 g/mol. The Morgan fingerprint density at radius 2 is 1.73 bits per heavy atom. The first kappa shape index (κ1) is 19.3. The fourth-order valence-electron chi connectivity index (χ4n) is 2.45. The Labute approximate surface area is 153 Å². The van der Waals surface area contributed by atoms with Gasteiger partial charge < -0.3 is 20.7 Å². The van der Waals surface area contributed by atoms with Crippen LogP contribution in [-0.4, -0.2) is 25.6 Å². The fourth-order valence-corrected chi connectivity index (χ4v) is 2.45. The third kappa shape index (κ3) is 5.51. The second-order valence-corrected chi connectivity index (χ2v) is 5.97. The monoisotopic (exact) mass is 355 g/mol. The summed E-state index contributed by atoms with van der Waals surface area (Å²) in [4.78, 5) is 23.5. The van der Waals surface area contributed by atoms with E-state index < -0.39 is 0 Å². The number of nitrogens with one attached hydrogen (secondary N) is 3. The van der Waals surface area contributed by atoms with Crippen molar-refractivity contribution in [2.45, 2.75) is 26.2 Å². The van der Waals surface area contributed by atoms with E-state index in [1.165, 1.54) is 7.05 Å². The minimum atomic E-state index is -0.321. The normalized spacial score (nSPS) is 11.3. The SMILES string of the molecule is CCC(C)c1ccccc1OCC(=O)Nc1cccc(NC(=O)NC)c1. The van der Waals surface area contributed by atoms with E-state index in [9.17, 15) is 9.59 Å². The molecule has 0 radical (unpaired) electrons. The Kier molecular flexibility index (Phi) is 7.02. The Morgan fingerprint density at radius 1 is 1.04 bits per heavy atom. The van der Waals surface area contributed by atoms with Crippen LogP contribution in [0.15, 0.2) is 48.5 Å². The molecule has 6 heteroatoms. The summed E-state index contributed by atoms with van der Waals surface area (Å²) in [6.45, 7) is 4.17. The first-order valence-corrected chi connectivity index (χ1v) is 8.63. The Bertz CT molecular complexity index is 761. The molecule has 0 aliphatic carbocycles. The zero-order valence-corrected chi connectivity index (χ0v) is 15.3. The maximum absolute atomic E-state index is 12.2. The van der Waals surface area contributed by atoms with Gasteiger partial charge in [-0.05, 0) is 42.2 Å². The number of hydrogen-bond donors (Lipinski definition) is 3. The highest BCUT2D eigenvalue weighted by molar-refractivity contribution is 5.94. The van der Waals surface area contributed by atoms with Crippen LogP contribution in [0.3, 0.4) is 0 Å². The van der Waals surface area contributed by atoms with Gasteiger partial charge >= 0.3 is 6.03 Å². The molecule has 1 atom stereocenters. The zero-order chi connectivity index (χ0) is 18.9. The van der Waals surface area contributed by atoms with E-state index in [2.05, 4.69) is 29.8 Å². The Morgan fingerprint density at radius 3 is 2.42 bits per heavy atom. The number of benzene rings is 2. The molecule has 0 bridgehead atoms. The summed E-state index contributed by atoms with van der Waals surface area (Å²) < 4.78 is 5.71. The number of anilines is 2. The molecule has 2 aromatic rings. The van der Waals surface area contributed by atoms with Gasteiger partial charge in [-0.3, -0.25) is 4.79 Å². The molecule has 0 fully saturated rings. The van der Waals surface area contributed by atoms with Gasteiger partial charge in [-0.2, -0.15) is 0 Å². The van der Waals surface area contributed by atoms with E-state index in [4.69, 9.17) is 4.74 Å². The Balaban J connectivity index is 1.96. The summed E-state index contributed by atoms with van der Waals surface area (Å²) in [5, 5.41) is 7.90. The lowest BCUT2D eigenvalue weighted by molar-refractivity contribution is -0.118. The molecule has 6 nitrogen and oxygen atoms in total. The number of rotatable bonds is 7. The van der Waals surface area contributed by atoms with Crippen molar-refractivity contribution >= 4 is 23.3 Å². The van der Waals surface area contributed by atoms with Gasteiger partial charge in [-0.25, -0.2) is 4.79 Å². The summed E-state index contributed by atoms with van der Waals surface area (Å²) >= 11 is 0. The highest BCUT2D eigenvalue weighted by atomic mass is 16.5. The highest BCUT2D eigenvalue weighted by Crippen LogP contribution is 2.28. The lowest BCUT2D eigenvalue weighted by Crippen LogP contribution is -2.24. The third-order valence-corrected chi connectivity index (χ3v) is 4.05. The molecular formula is C20H25N3O3. The van der Waals surface area contributed by atoms with Gasteiger partial charge in [0.25, 0.3) is 5.91 Å². The predicted octanol–water partition coefficient (Wildman–Crippen LogP) is 3.97. The fraction of sp³-hybridized carbons (Fsp3) is 0.300. The van der Waals surface area contributed by atoms with Crippen molar-refractivity contribution in [2.75, 3.05) is 24.3 Å². The number of amides is 3. The second-order valence-electron chi connectivity index (χ2n) is 5.97. The van der Waals surface area contributed by atoms with Gasteiger partial charge in [0.05, 0.1) is 0 Å². The maximum Gasteiger partial charge on any atom is 0.318 e. The van der Waals surface area contributed by atoms with Gasteiger partial charge in [0, 0.05) is 18.4 Å². The smallest absolute Gasteiger partial charge is 0.318 e. The van der Waals surface area contributed by atoms with Crippen LogP contribution in [0, 0.1) is 0 Å². The van der Waals surface area contributed by atoms with E-state index in [0.29, 0.717) is 17.3 Å². The molecule has 0 saturated heterocycles. The lowest BCUT2D eigenvalue weighted by atomic mass is 9.98. The van der Waals surface area contributed by atoms with Crippen molar-refractivity contribution in [1.82, 2.24) is 5.32 Å². The quantitative estimate of drug-likeness (QED) is 0.703. The molecule has 0 spiro atoms. The molecule has 0 aliphatic rings. The number of urea groups is 1. The minimum Gasteiger partial charge on any atom is -0.483 e. The van der Waals surface area contributed by atoms with Crippen LogP contribution in [0.25, 0.3) is 0 Å². The van der Waals surface area contributed by atoms with Gasteiger partial charge in [-0.15, -0.1) is 0 Å². The standard InChI is InChI=1S/C20H25N3O3/c1-4-14(2)17-10-5-6-11-18(17)26-13-19(24)22-15-8-7-9-16(12-15)23-20(25)21-3/h5-12,14H,4,13H2,1-3H3,(H,22,24)(H2,21,23,25). The summed E-state index contributed by atoms with van der Waals surface area (Å²) in [5.41, 5.74) is 2.27. The average Bonchev–Trinajstić information content (AvgIpc) is 2.66. The lowest BCUT2D eigenvalue weighted by Gasteiger charge is -2.15. The van der Waals surface area contributed by atoms with Gasteiger partial charge in [-0.1, -0.05) is 38.1 Å². The molecule has 3 N–H and O–H groups in total. The summed E-state index contributed by atoms with van der Waals surface area (Å²) in [6, 6.07) is 14.4. The topological polar surface area (TPSA) is 79.5 Å². The number of para-hydroxylation sites is 1. The third-order valence-electron chi connectivity index (χ3n) is 4.05. The molecule has 0 saturated carbocycles. The van der Waals surface area contributed by atoms with Crippen LogP contribution in [-0.2, 0) is 4.79 Å². The zero-order valence-electron chi connectivity index (χ0n) is 15.3. The maximum atomic E-state index is 12.2. The van der Waals surface area contributed by atoms with Crippen LogP contribution >= 0.6 is 0 Å². The van der Waals surface area contributed by atoms with Gasteiger partial charge in [0.15, 0.2) is 6.61 Å². The summed E-state index contributed by atoms with van der Waals surface area (Å²) in [6.07, 6.45) is 0.998. The van der Waals surface area contributed by atoms with Gasteiger partial charge in [0.2, 0.25) is 0 Å². The van der Waals surface area contributed by atoms with Crippen LogP contribution < -0.4 is 20.7 Å². The van der Waals surface area contributed by atoms with Crippen LogP contribution in [0.2, 0.25) is 0 Å². The summed E-state index contributed by atoms with van der Waals surface area (Å²) in [5.74, 6) is 0.829. The minimum absolute atomic E-state index is 0.0828. The van der Waals surface area contributed by atoms with Crippen molar-refractivity contribution in [3.8, 4) is 5.75 Å². The molecule has 3 amide bonds. The van der Waals surface area contributed by atoms with Crippen molar-refractivity contribution in [2.24, 2.45) is 0 Å². The Hall–Kier alpha value is -3.02. The molecule has 26 heavy (non-hydrogen) atoms. The number of carbonyl (C=O) groups is 2.